The topological polar surface area (TPSA) is 20.3 Å². The van der Waals surface area contributed by atoms with Gasteiger partial charge >= 0.3 is 0 Å². The van der Waals surface area contributed by atoms with E-state index in [1.54, 1.807) is 20.4 Å². The molecule has 0 heterocycles. The molecule has 0 fully saturated rings. The molecule has 0 rings (SSSR count). The molecule has 0 unspecified atom stereocenters. The fraction of sp³-hybridized carbons (Fsp3) is 0.800. The number of hydrogen-bond acceptors (Lipinski definition) is 2. The van der Waals surface area contributed by atoms with E-state index in [1.807, 2.05) is 0 Å². The molecule has 0 bridgehead atoms. The summed E-state index contributed by atoms with van der Waals surface area (Å²) in [6.45, 7) is 0. The van der Waals surface area contributed by atoms with Gasteiger partial charge in [0.25, 0.3) is 5.91 Å². The van der Waals surface area contributed by atoms with E-state index < -0.39 is 3.67 Å². The highest BCUT2D eigenvalue weighted by molar-refractivity contribution is 8.03. The molecule has 5 heteroatoms. The van der Waals surface area contributed by atoms with Crippen LogP contribution in [0.5, 0.6) is 0 Å². The molecule has 0 radical (unpaired) electrons. The molecule has 0 aliphatic heterocycles. The Hall–Kier alpha value is 0.400. The van der Waals surface area contributed by atoms with E-state index in [2.05, 4.69) is 0 Å². The lowest BCUT2D eigenvalue weighted by molar-refractivity contribution is -0.127. The third-order valence-electron chi connectivity index (χ3n) is 0.912. The summed E-state index contributed by atoms with van der Waals surface area (Å²) in [5.41, 5.74) is 0. The van der Waals surface area contributed by atoms with Crippen molar-refractivity contribution < 1.29 is 4.79 Å². The van der Waals surface area contributed by atoms with Crippen molar-refractivity contribution in [2.45, 2.75) is 3.67 Å². The van der Waals surface area contributed by atoms with E-state index in [1.165, 1.54) is 4.90 Å². The van der Waals surface area contributed by atoms with Crippen LogP contribution in [-0.2, 0) is 4.79 Å². The number of carbonyl (C=O) groups excluding carboxylic acids is 1. The number of alkyl halides is 2. The Balaban J connectivity index is 4.19. The highest BCUT2D eigenvalue weighted by Crippen LogP contribution is 2.33. The fourth-order valence-corrected chi connectivity index (χ4v) is 1.04. The van der Waals surface area contributed by atoms with E-state index >= 15 is 0 Å². The van der Waals surface area contributed by atoms with Gasteiger partial charge in [0.15, 0.2) is 0 Å². The maximum Gasteiger partial charge on any atom is 0.269 e. The van der Waals surface area contributed by atoms with Crippen LogP contribution in [0.2, 0.25) is 0 Å². The van der Waals surface area contributed by atoms with Crippen molar-refractivity contribution in [1.82, 2.24) is 4.90 Å². The molecular formula is C5H9Cl2NOS. The average molecular weight is 202 g/mol. The Morgan fingerprint density at radius 3 is 2.00 bits per heavy atom. The molecule has 0 spiro atoms. The summed E-state index contributed by atoms with van der Waals surface area (Å²) in [5, 5.41) is 0. The molecule has 0 atom stereocenters. The van der Waals surface area contributed by atoms with Crippen LogP contribution in [-0.4, -0.2) is 34.8 Å². The average Bonchev–Trinajstić information content (AvgIpc) is 1.86. The fourth-order valence-electron chi connectivity index (χ4n) is 0.348. The van der Waals surface area contributed by atoms with Crippen LogP contribution < -0.4 is 0 Å². The second kappa shape index (κ2) is 3.69. The summed E-state index contributed by atoms with van der Waals surface area (Å²) < 4.78 is -1.33. The lowest BCUT2D eigenvalue weighted by Crippen LogP contribution is -2.34. The van der Waals surface area contributed by atoms with Crippen LogP contribution in [0.1, 0.15) is 0 Å². The maximum absolute atomic E-state index is 11.0. The first-order valence-corrected chi connectivity index (χ1v) is 4.54. The minimum Gasteiger partial charge on any atom is -0.345 e. The zero-order valence-electron chi connectivity index (χ0n) is 6.02. The molecule has 0 N–H and O–H groups in total. The Bertz CT molecular complexity index is 138. The molecule has 0 aliphatic rings. The predicted molar refractivity (Wildman–Crippen MR) is 46.6 cm³/mol. The number of amides is 1. The van der Waals surface area contributed by atoms with Gasteiger partial charge in [0, 0.05) is 14.1 Å². The Labute approximate surface area is 74.9 Å². The van der Waals surface area contributed by atoms with Gasteiger partial charge in [0.05, 0.1) is 0 Å². The number of halogens is 2. The van der Waals surface area contributed by atoms with Gasteiger partial charge in [0.1, 0.15) is 0 Å². The molecular weight excluding hydrogens is 193 g/mol. The van der Waals surface area contributed by atoms with Crippen molar-refractivity contribution in [2.75, 3.05) is 20.4 Å². The summed E-state index contributed by atoms with van der Waals surface area (Å²) in [6, 6.07) is 0. The minimum atomic E-state index is -1.33. The highest BCUT2D eigenvalue weighted by Gasteiger charge is 2.33. The molecule has 10 heavy (non-hydrogen) atoms. The number of carbonyl (C=O) groups is 1. The van der Waals surface area contributed by atoms with Gasteiger partial charge in [-0.1, -0.05) is 23.2 Å². The normalized spacial score (nSPS) is 11.3. The molecule has 0 aromatic heterocycles. The van der Waals surface area contributed by atoms with Crippen molar-refractivity contribution in [1.29, 1.82) is 0 Å². The minimum absolute atomic E-state index is 0.302. The third kappa shape index (κ3) is 2.56. The summed E-state index contributed by atoms with van der Waals surface area (Å²) in [4.78, 5) is 12.4. The molecule has 1 amide bonds. The monoisotopic (exact) mass is 201 g/mol. The summed E-state index contributed by atoms with van der Waals surface area (Å²) in [7, 11) is 3.22. The largest absolute Gasteiger partial charge is 0.345 e. The first-order chi connectivity index (χ1) is 4.41. The number of nitrogens with zero attached hydrogens (tertiary/aromatic N) is 1. The first kappa shape index (κ1) is 10.4. The Morgan fingerprint density at radius 1 is 1.50 bits per heavy atom. The zero-order valence-corrected chi connectivity index (χ0v) is 8.35. The van der Waals surface area contributed by atoms with Crippen LogP contribution >= 0.6 is 35.0 Å². The van der Waals surface area contributed by atoms with Crippen molar-refractivity contribution >= 4 is 40.9 Å². The van der Waals surface area contributed by atoms with E-state index in [0.717, 1.165) is 11.8 Å². The molecule has 2 nitrogen and oxygen atoms in total. The Morgan fingerprint density at radius 2 is 1.90 bits per heavy atom. The maximum atomic E-state index is 11.0. The summed E-state index contributed by atoms with van der Waals surface area (Å²) >= 11 is 12.3. The number of hydrogen-bond donors (Lipinski definition) is 0. The van der Waals surface area contributed by atoms with E-state index in [-0.39, 0.29) is 5.91 Å². The third-order valence-corrected chi connectivity index (χ3v) is 2.85. The van der Waals surface area contributed by atoms with Gasteiger partial charge in [-0.25, -0.2) is 0 Å². The summed E-state index contributed by atoms with van der Waals surface area (Å²) in [5.74, 6) is -0.302. The highest BCUT2D eigenvalue weighted by atomic mass is 35.5. The lowest BCUT2D eigenvalue weighted by atomic mass is 10.6. The second-order valence-electron chi connectivity index (χ2n) is 1.92. The molecule has 0 aromatic carbocycles. The first-order valence-electron chi connectivity index (χ1n) is 2.56. The predicted octanol–water partition coefficient (Wildman–Crippen LogP) is 1.57. The molecule has 0 saturated carbocycles. The van der Waals surface area contributed by atoms with Gasteiger partial charge in [-0.15, -0.1) is 11.8 Å². The van der Waals surface area contributed by atoms with Crippen molar-refractivity contribution in [3.63, 3.8) is 0 Å². The van der Waals surface area contributed by atoms with Crippen LogP contribution in [0.25, 0.3) is 0 Å². The van der Waals surface area contributed by atoms with Crippen LogP contribution in [0.3, 0.4) is 0 Å². The van der Waals surface area contributed by atoms with Crippen LogP contribution in [0.4, 0.5) is 0 Å². The zero-order chi connectivity index (χ0) is 8.36. The van der Waals surface area contributed by atoms with E-state index in [4.69, 9.17) is 23.2 Å². The lowest BCUT2D eigenvalue weighted by Gasteiger charge is -2.19. The van der Waals surface area contributed by atoms with Gasteiger partial charge in [-0.05, 0) is 6.26 Å². The molecule has 0 aromatic rings. The standard InChI is InChI=1S/C5H9Cl2NOS/c1-8(2)4(9)5(6,7)10-3/h1-3H3. The number of rotatable bonds is 2. The van der Waals surface area contributed by atoms with Gasteiger partial charge in [-0.3, -0.25) is 4.79 Å². The van der Waals surface area contributed by atoms with E-state index in [9.17, 15) is 4.79 Å². The van der Waals surface area contributed by atoms with Crippen molar-refractivity contribution in [3.05, 3.63) is 0 Å². The van der Waals surface area contributed by atoms with Gasteiger partial charge < -0.3 is 4.90 Å². The van der Waals surface area contributed by atoms with Gasteiger partial charge in [-0.2, -0.15) is 0 Å². The molecule has 0 saturated heterocycles. The number of thioether (sulfide) groups is 1. The van der Waals surface area contributed by atoms with Gasteiger partial charge in [0.2, 0.25) is 3.67 Å². The van der Waals surface area contributed by atoms with Crippen LogP contribution in [0, 0.1) is 0 Å². The molecule has 0 aliphatic carbocycles. The Kier molecular flexibility index (Phi) is 3.84. The van der Waals surface area contributed by atoms with Crippen molar-refractivity contribution in [2.24, 2.45) is 0 Å². The van der Waals surface area contributed by atoms with Crippen molar-refractivity contribution in [3.8, 4) is 0 Å². The summed E-state index contributed by atoms with van der Waals surface area (Å²) in [6.07, 6.45) is 1.68. The second-order valence-corrected chi connectivity index (χ2v) is 4.72. The molecule has 60 valence electrons. The SMILES string of the molecule is CSC(Cl)(Cl)C(=O)N(C)C. The smallest absolute Gasteiger partial charge is 0.269 e. The quantitative estimate of drug-likeness (QED) is 0.633. The van der Waals surface area contributed by atoms with E-state index in [0.29, 0.717) is 0 Å². The van der Waals surface area contributed by atoms with Crippen LogP contribution in [0.15, 0.2) is 0 Å².